The fourth-order valence-corrected chi connectivity index (χ4v) is 2.04. The SMILES string of the molecule is S=c1cc(-c2cccc3cccnc23)cn[nH]1. The highest BCUT2D eigenvalue weighted by Gasteiger charge is 2.04. The predicted octanol–water partition coefficient (Wildman–Crippen LogP) is 3.35. The van der Waals surface area contributed by atoms with Gasteiger partial charge in [-0.1, -0.05) is 36.5 Å². The third-order valence-corrected chi connectivity index (χ3v) is 2.82. The molecule has 0 saturated carbocycles. The summed E-state index contributed by atoms with van der Waals surface area (Å²) in [4.78, 5) is 4.42. The second-order valence-electron chi connectivity index (χ2n) is 3.71. The maximum atomic E-state index is 5.08. The third kappa shape index (κ3) is 1.83. The van der Waals surface area contributed by atoms with Crippen LogP contribution >= 0.6 is 12.2 Å². The quantitative estimate of drug-likeness (QED) is 0.662. The Kier molecular flexibility index (Phi) is 2.42. The number of hydrogen-bond acceptors (Lipinski definition) is 3. The van der Waals surface area contributed by atoms with Crippen molar-refractivity contribution >= 4 is 23.1 Å². The number of benzene rings is 1. The Morgan fingerprint density at radius 2 is 2.00 bits per heavy atom. The molecule has 1 aromatic carbocycles. The number of aromatic nitrogens is 3. The molecule has 17 heavy (non-hydrogen) atoms. The molecule has 0 unspecified atom stereocenters. The van der Waals surface area contributed by atoms with Gasteiger partial charge in [0.25, 0.3) is 0 Å². The Morgan fingerprint density at radius 1 is 1.12 bits per heavy atom. The van der Waals surface area contributed by atoms with Crippen LogP contribution in [0.25, 0.3) is 22.0 Å². The summed E-state index contributed by atoms with van der Waals surface area (Å²) in [6, 6.07) is 12.0. The van der Waals surface area contributed by atoms with Crippen molar-refractivity contribution in [3.8, 4) is 11.1 Å². The number of nitrogens with one attached hydrogen (secondary N) is 1. The summed E-state index contributed by atoms with van der Waals surface area (Å²) in [7, 11) is 0. The minimum Gasteiger partial charge on any atom is -0.268 e. The molecule has 0 amide bonds. The van der Waals surface area contributed by atoms with Crippen LogP contribution in [0.3, 0.4) is 0 Å². The van der Waals surface area contributed by atoms with E-state index in [0.29, 0.717) is 4.64 Å². The average Bonchev–Trinajstić information content (AvgIpc) is 2.38. The first-order chi connectivity index (χ1) is 8.34. The fourth-order valence-electron chi connectivity index (χ4n) is 1.86. The number of para-hydroxylation sites is 1. The van der Waals surface area contributed by atoms with Gasteiger partial charge in [-0.3, -0.25) is 10.1 Å². The summed E-state index contributed by atoms with van der Waals surface area (Å²) in [5.74, 6) is 0. The molecule has 0 radical (unpaired) electrons. The van der Waals surface area contributed by atoms with Crippen molar-refractivity contribution in [2.45, 2.75) is 0 Å². The minimum absolute atomic E-state index is 0.621. The van der Waals surface area contributed by atoms with Gasteiger partial charge in [0, 0.05) is 22.7 Å². The van der Waals surface area contributed by atoms with Crippen LogP contribution < -0.4 is 0 Å². The maximum absolute atomic E-state index is 5.08. The summed E-state index contributed by atoms with van der Waals surface area (Å²) in [5.41, 5.74) is 3.01. The lowest BCUT2D eigenvalue weighted by Gasteiger charge is -2.04. The number of aromatic amines is 1. The van der Waals surface area contributed by atoms with Gasteiger partial charge in [0.05, 0.1) is 11.7 Å². The first-order valence-corrected chi connectivity index (χ1v) is 5.64. The first-order valence-electron chi connectivity index (χ1n) is 5.23. The molecule has 0 aliphatic rings. The average molecular weight is 239 g/mol. The van der Waals surface area contributed by atoms with E-state index >= 15 is 0 Å². The molecule has 4 heteroatoms. The molecule has 2 heterocycles. The van der Waals surface area contributed by atoms with Crippen molar-refractivity contribution in [2.75, 3.05) is 0 Å². The van der Waals surface area contributed by atoms with Gasteiger partial charge < -0.3 is 0 Å². The van der Waals surface area contributed by atoms with Crippen molar-refractivity contribution in [1.82, 2.24) is 15.2 Å². The molecule has 82 valence electrons. The lowest BCUT2D eigenvalue weighted by Crippen LogP contribution is -1.87. The zero-order valence-corrected chi connectivity index (χ0v) is 9.74. The van der Waals surface area contributed by atoms with E-state index < -0.39 is 0 Å². The van der Waals surface area contributed by atoms with Crippen LogP contribution in [-0.2, 0) is 0 Å². The van der Waals surface area contributed by atoms with Crippen LogP contribution in [0.4, 0.5) is 0 Å². The van der Waals surface area contributed by atoms with Crippen molar-refractivity contribution in [2.24, 2.45) is 0 Å². The Hall–Kier alpha value is -2.07. The second-order valence-corrected chi connectivity index (χ2v) is 4.15. The molecule has 3 rings (SSSR count). The smallest absolute Gasteiger partial charge is 0.120 e. The molecule has 0 bridgehead atoms. The van der Waals surface area contributed by atoms with Gasteiger partial charge in [0.2, 0.25) is 0 Å². The number of pyridine rings is 1. The third-order valence-electron chi connectivity index (χ3n) is 2.61. The van der Waals surface area contributed by atoms with Crippen molar-refractivity contribution in [3.05, 3.63) is 53.4 Å². The predicted molar refractivity (Wildman–Crippen MR) is 70.2 cm³/mol. The highest BCUT2D eigenvalue weighted by molar-refractivity contribution is 7.71. The van der Waals surface area contributed by atoms with Crippen LogP contribution in [0, 0.1) is 4.64 Å². The van der Waals surface area contributed by atoms with E-state index in [9.17, 15) is 0 Å². The van der Waals surface area contributed by atoms with Gasteiger partial charge in [0.1, 0.15) is 4.64 Å². The molecule has 3 nitrogen and oxygen atoms in total. The van der Waals surface area contributed by atoms with Crippen LogP contribution in [0.1, 0.15) is 0 Å². The van der Waals surface area contributed by atoms with E-state index in [1.54, 1.807) is 12.4 Å². The Bertz CT molecular complexity index is 728. The zero-order chi connectivity index (χ0) is 11.7. The highest BCUT2D eigenvalue weighted by Crippen LogP contribution is 2.25. The van der Waals surface area contributed by atoms with E-state index in [0.717, 1.165) is 22.0 Å². The van der Waals surface area contributed by atoms with Gasteiger partial charge in [-0.25, -0.2) is 0 Å². The van der Waals surface area contributed by atoms with Gasteiger partial charge in [-0.2, -0.15) is 5.10 Å². The normalized spacial score (nSPS) is 10.6. The Labute approximate surface area is 103 Å². The summed E-state index contributed by atoms with van der Waals surface area (Å²) in [6.07, 6.45) is 3.56. The van der Waals surface area contributed by atoms with Gasteiger partial charge in [0.15, 0.2) is 0 Å². The number of fused-ring (bicyclic) bond motifs is 1. The standard InChI is InChI=1S/C13H9N3S/c17-12-7-10(8-15-16-12)11-5-1-3-9-4-2-6-14-13(9)11/h1-8H,(H,16,17). The number of rotatable bonds is 1. The molecule has 1 N–H and O–H groups in total. The number of H-pyrrole nitrogens is 1. The van der Waals surface area contributed by atoms with Crippen molar-refractivity contribution < 1.29 is 0 Å². The lowest BCUT2D eigenvalue weighted by atomic mass is 10.0. The van der Waals surface area contributed by atoms with Gasteiger partial charge in [-0.15, -0.1) is 0 Å². The Balaban J connectivity index is 2.34. The molecular weight excluding hydrogens is 230 g/mol. The van der Waals surface area contributed by atoms with E-state index in [1.807, 2.05) is 36.4 Å². The summed E-state index contributed by atoms with van der Waals surface area (Å²) in [5, 5.41) is 7.86. The second kappa shape index (κ2) is 4.07. The largest absolute Gasteiger partial charge is 0.268 e. The highest BCUT2D eigenvalue weighted by atomic mass is 32.1. The van der Waals surface area contributed by atoms with Gasteiger partial charge in [-0.05, 0) is 12.1 Å². The molecule has 0 spiro atoms. The Morgan fingerprint density at radius 3 is 2.88 bits per heavy atom. The number of nitrogens with zero attached hydrogens (tertiary/aromatic N) is 2. The van der Waals surface area contributed by atoms with E-state index in [1.165, 1.54) is 0 Å². The summed E-state index contributed by atoms with van der Waals surface area (Å²) < 4.78 is 0.621. The maximum Gasteiger partial charge on any atom is 0.120 e. The molecule has 0 aliphatic carbocycles. The first kappa shape index (κ1) is 10.1. The molecule has 0 saturated heterocycles. The monoisotopic (exact) mass is 239 g/mol. The van der Waals surface area contributed by atoms with E-state index in [4.69, 9.17) is 12.2 Å². The van der Waals surface area contributed by atoms with Gasteiger partial charge >= 0.3 is 0 Å². The minimum atomic E-state index is 0.621. The van der Waals surface area contributed by atoms with E-state index in [-0.39, 0.29) is 0 Å². The number of hydrogen-bond donors (Lipinski definition) is 1. The van der Waals surface area contributed by atoms with Crippen molar-refractivity contribution in [1.29, 1.82) is 0 Å². The van der Waals surface area contributed by atoms with Crippen LogP contribution in [-0.4, -0.2) is 15.2 Å². The summed E-state index contributed by atoms with van der Waals surface area (Å²) in [6.45, 7) is 0. The fraction of sp³-hybridized carbons (Fsp3) is 0. The van der Waals surface area contributed by atoms with Crippen molar-refractivity contribution in [3.63, 3.8) is 0 Å². The lowest BCUT2D eigenvalue weighted by molar-refractivity contribution is 1.02. The van der Waals surface area contributed by atoms with Crippen LogP contribution in [0.2, 0.25) is 0 Å². The van der Waals surface area contributed by atoms with Crippen LogP contribution in [0.5, 0.6) is 0 Å². The molecular formula is C13H9N3S. The molecule has 0 aliphatic heterocycles. The van der Waals surface area contributed by atoms with Crippen LogP contribution in [0.15, 0.2) is 48.8 Å². The molecule has 2 aromatic heterocycles. The zero-order valence-electron chi connectivity index (χ0n) is 8.92. The van der Waals surface area contributed by atoms with E-state index in [2.05, 4.69) is 15.2 Å². The molecule has 3 aromatic rings. The topological polar surface area (TPSA) is 41.6 Å². The molecule has 0 atom stereocenters. The molecule has 0 fully saturated rings. The summed E-state index contributed by atoms with van der Waals surface area (Å²) >= 11 is 5.08.